The molecule has 0 aliphatic carbocycles. The second-order valence-corrected chi connectivity index (χ2v) is 4.18. The highest BCUT2D eigenvalue weighted by molar-refractivity contribution is 5.61. The van der Waals surface area contributed by atoms with Gasteiger partial charge in [0.15, 0.2) is 5.76 Å². The quantitative estimate of drug-likeness (QED) is 0.777. The van der Waals surface area contributed by atoms with Crippen LogP contribution in [0, 0.1) is 6.92 Å². The third kappa shape index (κ3) is 2.10. The molecule has 0 unspecified atom stereocenters. The molecule has 1 aromatic carbocycles. The molecule has 2 aromatic heterocycles. The maximum absolute atomic E-state index is 5.34. The Balaban J connectivity index is 1.94. The van der Waals surface area contributed by atoms with Crippen molar-refractivity contribution >= 4 is 5.69 Å². The Kier molecular flexibility index (Phi) is 2.79. The number of nitrogens with zero attached hydrogens (tertiary/aromatic N) is 2. The van der Waals surface area contributed by atoms with E-state index in [0.29, 0.717) is 17.5 Å². The molecule has 0 saturated carbocycles. The minimum atomic E-state index is 0.468. The number of benzene rings is 1. The lowest BCUT2D eigenvalue weighted by Crippen LogP contribution is -1.87. The maximum atomic E-state index is 5.34. The molecular weight excluding hydrogens is 242 g/mol. The molecule has 0 aliphatic rings. The van der Waals surface area contributed by atoms with Crippen LogP contribution in [0.1, 0.15) is 5.56 Å². The van der Waals surface area contributed by atoms with Crippen LogP contribution in [-0.2, 0) is 0 Å². The lowest BCUT2D eigenvalue weighted by molar-refractivity contribution is 0.429. The van der Waals surface area contributed by atoms with Crippen LogP contribution in [-0.4, -0.2) is 17.2 Å². The summed E-state index contributed by atoms with van der Waals surface area (Å²) in [6.45, 7) is 1.94. The summed E-state index contributed by atoms with van der Waals surface area (Å²) in [7, 11) is 1.87. The van der Waals surface area contributed by atoms with Gasteiger partial charge in [0.2, 0.25) is 5.82 Å². The van der Waals surface area contributed by atoms with Gasteiger partial charge in [-0.2, -0.15) is 4.98 Å². The van der Waals surface area contributed by atoms with Gasteiger partial charge in [0.25, 0.3) is 5.89 Å². The normalized spacial score (nSPS) is 10.6. The Morgan fingerprint density at radius 2 is 1.89 bits per heavy atom. The molecular formula is C14H13N3O2. The molecule has 96 valence electrons. The van der Waals surface area contributed by atoms with Crippen molar-refractivity contribution in [1.82, 2.24) is 10.1 Å². The predicted molar refractivity (Wildman–Crippen MR) is 71.7 cm³/mol. The largest absolute Gasteiger partial charge is 0.461 e. The van der Waals surface area contributed by atoms with E-state index < -0.39 is 0 Å². The molecule has 2 heterocycles. The summed E-state index contributed by atoms with van der Waals surface area (Å²) in [5, 5.41) is 7.00. The molecule has 3 rings (SSSR count). The van der Waals surface area contributed by atoms with Gasteiger partial charge >= 0.3 is 0 Å². The van der Waals surface area contributed by atoms with E-state index >= 15 is 0 Å². The van der Waals surface area contributed by atoms with Crippen molar-refractivity contribution in [2.75, 3.05) is 12.4 Å². The second kappa shape index (κ2) is 4.61. The van der Waals surface area contributed by atoms with Crippen molar-refractivity contribution in [2.24, 2.45) is 0 Å². The van der Waals surface area contributed by atoms with Gasteiger partial charge in [-0.25, -0.2) is 0 Å². The average Bonchev–Trinajstić information content (AvgIpc) is 3.07. The topological polar surface area (TPSA) is 64.1 Å². The Labute approximate surface area is 110 Å². The summed E-state index contributed by atoms with van der Waals surface area (Å²) in [4.78, 5) is 4.35. The summed E-state index contributed by atoms with van der Waals surface area (Å²) < 4.78 is 10.6. The first kappa shape index (κ1) is 11.5. The van der Waals surface area contributed by atoms with Gasteiger partial charge in [-0.3, -0.25) is 0 Å². The lowest BCUT2D eigenvalue weighted by atomic mass is 10.2. The van der Waals surface area contributed by atoms with Crippen molar-refractivity contribution in [1.29, 1.82) is 0 Å². The van der Waals surface area contributed by atoms with E-state index in [0.717, 1.165) is 16.8 Å². The van der Waals surface area contributed by atoms with Crippen molar-refractivity contribution < 1.29 is 8.94 Å². The van der Waals surface area contributed by atoms with Crippen LogP contribution in [0.25, 0.3) is 23.0 Å². The first-order chi connectivity index (χ1) is 9.28. The van der Waals surface area contributed by atoms with E-state index in [-0.39, 0.29) is 0 Å². The molecule has 0 spiro atoms. The molecule has 0 bridgehead atoms. The van der Waals surface area contributed by atoms with Crippen LogP contribution in [0.5, 0.6) is 0 Å². The SMILES string of the molecule is CNc1ccc(-c2nc(-c3occc3C)no2)cc1. The first-order valence-electron chi connectivity index (χ1n) is 5.94. The molecule has 3 aromatic rings. The molecule has 0 saturated heterocycles. The van der Waals surface area contributed by atoms with Crippen LogP contribution >= 0.6 is 0 Å². The van der Waals surface area contributed by atoms with E-state index in [1.54, 1.807) is 6.26 Å². The standard InChI is InChI=1S/C14H13N3O2/c1-9-7-8-18-12(9)13-16-14(19-17-13)10-3-5-11(15-2)6-4-10/h3-8,15H,1-2H3. The van der Waals surface area contributed by atoms with E-state index in [2.05, 4.69) is 15.5 Å². The zero-order valence-electron chi connectivity index (χ0n) is 10.7. The van der Waals surface area contributed by atoms with Crippen LogP contribution in [0.4, 0.5) is 5.69 Å². The summed E-state index contributed by atoms with van der Waals surface area (Å²) in [6, 6.07) is 9.64. The number of nitrogens with one attached hydrogen (secondary N) is 1. The number of aromatic nitrogens is 2. The Bertz CT molecular complexity index is 683. The number of aryl methyl sites for hydroxylation is 1. The fourth-order valence-corrected chi connectivity index (χ4v) is 1.81. The summed E-state index contributed by atoms with van der Waals surface area (Å²) in [5.74, 6) is 1.59. The van der Waals surface area contributed by atoms with E-state index in [4.69, 9.17) is 8.94 Å². The Morgan fingerprint density at radius 3 is 2.53 bits per heavy atom. The number of anilines is 1. The zero-order chi connectivity index (χ0) is 13.2. The molecule has 0 amide bonds. The van der Waals surface area contributed by atoms with Crippen molar-refractivity contribution in [3.63, 3.8) is 0 Å². The molecule has 19 heavy (non-hydrogen) atoms. The van der Waals surface area contributed by atoms with Crippen LogP contribution < -0.4 is 5.32 Å². The molecule has 0 aliphatic heterocycles. The average molecular weight is 255 g/mol. The van der Waals surface area contributed by atoms with Crippen LogP contribution in [0.2, 0.25) is 0 Å². The fraction of sp³-hybridized carbons (Fsp3) is 0.143. The number of hydrogen-bond donors (Lipinski definition) is 1. The highest BCUT2D eigenvalue weighted by Crippen LogP contribution is 2.25. The predicted octanol–water partition coefficient (Wildman–Crippen LogP) is 3.35. The van der Waals surface area contributed by atoms with Gasteiger partial charge in [-0.1, -0.05) is 5.16 Å². The fourth-order valence-electron chi connectivity index (χ4n) is 1.81. The van der Waals surface area contributed by atoms with Gasteiger partial charge in [0.1, 0.15) is 0 Å². The maximum Gasteiger partial charge on any atom is 0.258 e. The lowest BCUT2D eigenvalue weighted by Gasteiger charge is -1.99. The van der Waals surface area contributed by atoms with Gasteiger partial charge in [0, 0.05) is 18.3 Å². The molecule has 0 atom stereocenters. The van der Waals surface area contributed by atoms with Gasteiger partial charge in [-0.15, -0.1) is 0 Å². The van der Waals surface area contributed by atoms with Crippen LogP contribution in [0.15, 0.2) is 45.5 Å². The van der Waals surface area contributed by atoms with Gasteiger partial charge in [0.05, 0.1) is 6.26 Å². The first-order valence-corrected chi connectivity index (χ1v) is 5.94. The van der Waals surface area contributed by atoms with Crippen molar-refractivity contribution in [3.05, 3.63) is 42.2 Å². The number of furan rings is 1. The van der Waals surface area contributed by atoms with E-state index in [9.17, 15) is 0 Å². The number of rotatable bonds is 3. The Hall–Kier alpha value is -2.56. The monoisotopic (exact) mass is 255 g/mol. The number of hydrogen-bond acceptors (Lipinski definition) is 5. The Morgan fingerprint density at radius 1 is 1.11 bits per heavy atom. The third-order valence-corrected chi connectivity index (χ3v) is 2.91. The van der Waals surface area contributed by atoms with Gasteiger partial charge < -0.3 is 14.3 Å². The van der Waals surface area contributed by atoms with E-state index in [1.807, 2.05) is 44.3 Å². The summed E-state index contributed by atoms with van der Waals surface area (Å²) in [5.41, 5.74) is 2.89. The second-order valence-electron chi connectivity index (χ2n) is 4.18. The molecule has 5 nitrogen and oxygen atoms in total. The third-order valence-electron chi connectivity index (χ3n) is 2.91. The molecule has 1 N–H and O–H groups in total. The highest BCUT2D eigenvalue weighted by atomic mass is 16.5. The van der Waals surface area contributed by atoms with E-state index in [1.165, 1.54) is 0 Å². The molecule has 0 fully saturated rings. The van der Waals surface area contributed by atoms with Crippen molar-refractivity contribution in [3.8, 4) is 23.0 Å². The summed E-state index contributed by atoms with van der Waals surface area (Å²) in [6.07, 6.45) is 1.61. The smallest absolute Gasteiger partial charge is 0.258 e. The molecule has 0 radical (unpaired) electrons. The minimum absolute atomic E-state index is 0.468. The van der Waals surface area contributed by atoms with Crippen LogP contribution in [0.3, 0.4) is 0 Å². The zero-order valence-corrected chi connectivity index (χ0v) is 10.7. The minimum Gasteiger partial charge on any atom is -0.461 e. The van der Waals surface area contributed by atoms with Gasteiger partial charge in [-0.05, 0) is 42.8 Å². The molecule has 5 heteroatoms. The highest BCUT2D eigenvalue weighted by Gasteiger charge is 2.14. The summed E-state index contributed by atoms with van der Waals surface area (Å²) >= 11 is 0. The van der Waals surface area contributed by atoms with Crippen molar-refractivity contribution in [2.45, 2.75) is 6.92 Å².